The summed E-state index contributed by atoms with van der Waals surface area (Å²) in [6.45, 7) is 2.13. The summed E-state index contributed by atoms with van der Waals surface area (Å²) in [6.07, 6.45) is 0. The molecule has 20 heavy (non-hydrogen) atoms. The minimum absolute atomic E-state index is 0.210. The Bertz CT molecular complexity index is 673. The molecule has 0 aliphatic carbocycles. The van der Waals surface area contributed by atoms with Gasteiger partial charge in [0.15, 0.2) is 5.13 Å². The summed E-state index contributed by atoms with van der Waals surface area (Å²) in [4.78, 5) is 4.59. The van der Waals surface area contributed by atoms with Crippen LogP contribution in [0.25, 0.3) is 10.2 Å². The number of fused-ring (bicyclic) bond motifs is 1. The van der Waals surface area contributed by atoms with Crippen molar-refractivity contribution in [2.24, 2.45) is 0 Å². The van der Waals surface area contributed by atoms with Gasteiger partial charge in [-0.15, -0.1) is 0 Å². The summed E-state index contributed by atoms with van der Waals surface area (Å²) in [7, 11) is 1.68. The standard InChI is InChI=1S/C16H16N2OS/c1-11(12-7-9-13(19-2)10-8-12)17-16-18-14-5-3-4-6-15(14)20-16/h3-11H,1-2H3,(H,17,18). The molecule has 4 heteroatoms. The van der Waals surface area contributed by atoms with Gasteiger partial charge in [-0.05, 0) is 36.8 Å². The maximum atomic E-state index is 5.18. The molecule has 0 bridgehead atoms. The molecule has 3 nitrogen and oxygen atoms in total. The number of benzene rings is 2. The summed E-state index contributed by atoms with van der Waals surface area (Å²) in [5.41, 5.74) is 2.26. The van der Waals surface area contributed by atoms with Gasteiger partial charge >= 0.3 is 0 Å². The number of ether oxygens (including phenoxy) is 1. The SMILES string of the molecule is COc1ccc(C(C)Nc2nc3ccccc3s2)cc1. The Morgan fingerprint density at radius 1 is 1.10 bits per heavy atom. The molecule has 0 radical (unpaired) electrons. The molecule has 0 amide bonds. The largest absolute Gasteiger partial charge is 0.497 e. The molecule has 0 fully saturated rings. The zero-order chi connectivity index (χ0) is 13.9. The van der Waals surface area contributed by atoms with Gasteiger partial charge in [0.2, 0.25) is 0 Å². The van der Waals surface area contributed by atoms with E-state index >= 15 is 0 Å². The van der Waals surface area contributed by atoms with E-state index in [1.165, 1.54) is 10.3 Å². The zero-order valence-corrected chi connectivity index (χ0v) is 12.3. The summed E-state index contributed by atoms with van der Waals surface area (Å²) in [5, 5.41) is 4.40. The average Bonchev–Trinajstić information content (AvgIpc) is 2.89. The van der Waals surface area contributed by atoms with Gasteiger partial charge in [-0.25, -0.2) is 4.98 Å². The quantitative estimate of drug-likeness (QED) is 0.767. The van der Waals surface area contributed by atoms with Crippen LogP contribution in [0.2, 0.25) is 0 Å². The van der Waals surface area contributed by atoms with Crippen LogP contribution in [-0.4, -0.2) is 12.1 Å². The van der Waals surface area contributed by atoms with Crippen molar-refractivity contribution >= 4 is 26.7 Å². The number of anilines is 1. The third-order valence-corrected chi connectivity index (χ3v) is 4.22. The molecule has 0 spiro atoms. The van der Waals surface area contributed by atoms with Crippen molar-refractivity contribution < 1.29 is 4.74 Å². The first-order valence-corrected chi connectivity index (χ1v) is 7.34. The maximum absolute atomic E-state index is 5.18. The predicted molar refractivity (Wildman–Crippen MR) is 84.7 cm³/mol. The third-order valence-electron chi connectivity index (χ3n) is 3.25. The fourth-order valence-electron chi connectivity index (χ4n) is 2.10. The summed E-state index contributed by atoms with van der Waals surface area (Å²) in [5.74, 6) is 0.876. The smallest absolute Gasteiger partial charge is 0.184 e. The highest BCUT2D eigenvalue weighted by Gasteiger charge is 2.09. The topological polar surface area (TPSA) is 34.1 Å². The number of thiazole rings is 1. The Labute approximate surface area is 122 Å². The Hall–Kier alpha value is -2.07. The Balaban J connectivity index is 1.78. The van der Waals surface area contributed by atoms with Crippen LogP contribution in [0.15, 0.2) is 48.5 Å². The van der Waals surface area contributed by atoms with Crippen molar-refractivity contribution in [2.75, 3.05) is 12.4 Å². The molecular weight excluding hydrogens is 268 g/mol. The lowest BCUT2D eigenvalue weighted by atomic mass is 10.1. The fraction of sp³-hybridized carbons (Fsp3) is 0.188. The van der Waals surface area contributed by atoms with Crippen LogP contribution in [0.4, 0.5) is 5.13 Å². The monoisotopic (exact) mass is 284 g/mol. The van der Waals surface area contributed by atoms with Crippen molar-refractivity contribution in [3.8, 4) is 5.75 Å². The molecule has 1 heterocycles. The van der Waals surface area contributed by atoms with E-state index in [0.717, 1.165) is 16.4 Å². The van der Waals surface area contributed by atoms with Crippen molar-refractivity contribution in [3.63, 3.8) is 0 Å². The molecule has 0 saturated carbocycles. The fourth-order valence-corrected chi connectivity index (χ4v) is 3.05. The number of nitrogens with zero attached hydrogens (tertiary/aromatic N) is 1. The summed E-state index contributed by atoms with van der Waals surface area (Å²) < 4.78 is 6.38. The van der Waals surface area contributed by atoms with Gasteiger partial charge in [0.05, 0.1) is 23.4 Å². The van der Waals surface area contributed by atoms with Gasteiger partial charge in [-0.1, -0.05) is 35.6 Å². The first-order valence-electron chi connectivity index (χ1n) is 6.52. The van der Waals surface area contributed by atoms with Crippen molar-refractivity contribution in [2.45, 2.75) is 13.0 Å². The number of hydrogen-bond acceptors (Lipinski definition) is 4. The minimum Gasteiger partial charge on any atom is -0.497 e. The van der Waals surface area contributed by atoms with Gasteiger partial charge in [0.25, 0.3) is 0 Å². The lowest BCUT2D eigenvalue weighted by Crippen LogP contribution is -2.06. The normalized spacial score (nSPS) is 12.3. The van der Waals surface area contributed by atoms with Crippen LogP contribution < -0.4 is 10.1 Å². The Kier molecular flexibility index (Phi) is 3.56. The van der Waals surface area contributed by atoms with E-state index in [-0.39, 0.29) is 6.04 Å². The molecule has 1 atom stereocenters. The Morgan fingerprint density at radius 3 is 2.55 bits per heavy atom. The van der Waals surface area contributed by atoms with E-state index in [0.29, 0.717) is 0 Å². The van der Waals surface area contributed by atoms with Crippen molar-refractivity contribution in [3.05, 3.63) is 54.1 Å². The van der Waals surface area contributed by atoms with Crippen LogP contribution in [0, 0.1) is 0 Å². The molecule has 2 aromatic carbocycles. The molecule has 1 unspecified atom stereocenters. The van der Waals surface area contributed by atoms with E-state index < -0.39 is 0 Å². The van der Waals surface area contributed by atoms with E-state index in [9.17, 15) is 0 Å². The van der Waals surface area contributed by atoms with Gasteiger partial charge in [0.1, 0.15) is 5.75 Å². The lowest BCUT2D eigenvalue weighted by Gasteiger charge is -2.13. The number of para-hydroxylation sites is 1. The zero-order valence-electron chi connectivity index (χ0n) is 11.5. The first kappa shape index (κ1) is 12.9. The first-order chi connectivity index (χ1) is 9.76. The van der Waals surface area contributed by atoms with E-state index in [1.54, 1.807) is 18.4 Å². The van der Waals surface area contributed by atoms with E-state index in [1.807, 2.05) is 30.3 Å². The highest BCUT2D eigenvalue weighted by atomic mass is 32.1. The molecule has 0 aliphatic heterocycles. The maximum Gasteiger partial charge on any atom is 0.184 e. The summed E-state index contributed by atoms with van der Waals surface area (Å²) >= 11 is 1.68. The van der Waals surface area contributed by atoms with Gasteiger partial charge in [-0.2, -0.15) is 0 Å². The molecule has 3 aromatic rings. The van der Waals surface area contributed by atoms with Gasteiger partial charge in [-0.3, -0.25) is 0 Å². The molecule has 0 aliphatic rings. The van der Waals surface area contributed by atoms with E-state index in [2.05, 4.69) is 35.4 Å². The number of methoxy groups -OCH3 is 1. The molecule has 102 valence electrons. The molecular formula is C16H16N2OS. The van der Waals surface area contributed by atoms with Crippen molar-refractivity contribution in [1.82, 2.24) is 4.98 Å². The minimum atomic E-state index is 0.210. The molecule has 3 rings (SSSR count). The van der Waals surface area contributed by atoms with Gasteiger partial charge < -0.3 is 10.1 Å². The van der Waals surface area contributed by atoms with Crippen LogP contribution >= 0.6 is 11.3 Å². The third kappa shape index (κ3) is 2.60. The molecule has 0 saturated heterocycles. The number of aromatic nitrogens is 1. The number of rotatable bonds is 4. The second-order valence-corrected chi connectivity index (χ2v) is 5.66. The average molecular weight is 284 g/mol. The predicted octanol–water partition coefficient (Wildman–Crippen LogP) is 4.48. The van der Waals surface area contributed by atoms with Gasteiger partial charge in [0, 0.05) is 0 Å². The van der Waals surface area contributed by atoms with Crippen LogP contribution in [0.3, 0.4) is 0 Å². The van der Waals surface area contributed by atoms with Crippen LogP contribution in [0.5, 0.6) is 5.75 Å². The highest BCUT2D eigenvalue weighted by molar-refractivity contribution is 7.22. The van der Waals surface area contributed by atoms with Crippen molar-refractivity contribution in [1.29, 1.82) is 0 Å². The Morgan fingerprint density at radius 2 is 1.85 bits per heavy atom. The molecule has 1 N–H and O–H groups in total. The number of nitrogens with one attached hydrogen (secondary N) is 1. The van der Waals surface area contributed by atoms with Crippen LogP contribution in [0.1, 0.15) is 18.5 Å². The number of hydrogen-bond donors (Lipinski definition) is 1. The second-order valence-electron chi connectivity index (χ2n) is 4.63. The second kappa shape index (κ2) is 5.51. The van der Waals surface area contributed by atoms with Crippen LogP contribution in [-0.2, 0) is 0 Å². The summed E-state index contributed by atoms with van der Waals surface area (Å²) in [6, 6.07) is 16.5. The molecule has 1 aromatic heterocycles. The highest BCUT2D eigenvalue weighted by Crippen LogP contribution is 2.28. The lowest BCUT2D eigenvalue weighted by molar-refractivity contribution is 0.414. The van der Waals surface area contributed by atoms with E-state index in [4.69, 9.17) is 4.74 Å².